The summed E-state index contributed by atoms with van der Waals surface area (Å²) in [5, 5.41) is 13.0. The van der Waals surface area contributed by atoms with Crippen LogP contribution in [0.2, 0.25) is 0 Å². The van der Waals surface area contributed by atoms with Gasteiger partial charge in [0.2, 0.25) is 0 Å². The van der Waals surface area contributed by atoms with Crippen LogP contribution in [-0.2, 0) is 0 Å². The van der Waals surface area contributed by atoms with Crippen molar-refractivity contribution in [3.05, 3.63) is 58.5 Å². The number of carbonyl (C=O) groups excluding carboxylic acids is 1. The lowest BCUT2D eigenvalue weighted by Crippen LogP contribution is -2.54. The first-order valence-electron chi connectivity index (χ1n) is 9.79. The standard InChI is InChI=1S/C22H26N2O4/c1-13-5-4-6-14(2)18(13)20(25)23-19(17-8-7-15(3)28-17)22-11-9-16(10-12-22)24(22)21(26)27/h4-8,16,19H,9-12H2,1-3H3,(H,23,25)(H,26,27). The Bertz CT molecular complexity index is 904. The van der Waals surface area contributed by atoms with Gasteiger partial charge >= 0.3 is 6.09 Å². The average Bonchev–Trinajstić information content (AvgIpc) is 3.33. The molecule has 2 aliphatic rings. The van der Waals surface area contributed by atoms with Gasteiger partial charge in [-0.2, -0.15) is 0 Å². The van der Waals surface area contributed by atoms with Crippen molar-refractivity contribution in [1.82, 2.24) is 10.2 Å². The summed E-state index contributed by atoms with van der Waals surface area (Å²) in [5.74, 6) is 1.17. The number of nitrogens with one attached hydrogen (secondary N) is 1. The van der Waals surface area contributed by atoms with Gasteiger partial charge in [-0.05, 0) is 69.7 Å². The Hall–Kier alpha value is -2.76. The zero-order chi connectivity index (χ0) is 20.1. The lowest BCUT2D eigenvalue weighted by atomic mass is 9.80. The number of rotatable bonds is 4. The first-order valence-corrected chi connectivity index (χ1v) is 9.79. The summed E-state index contributed by atoms with van der Waals surface area (Å²) in [6.45, 7) is 5.68. The molecule has 2 aromatic rings. The summed E-state index contributed by atoms with van der Waals surface area (Å²) in [6.07, 6.45) is 2.17. The number of aryl methyl sites for hydroxylation is 3. The Kier molecular flexibility index (Phi) is 4.44. The molecule has 2 amide bonds. The van der Waals surface area contributed by atoms with Crippen molar-refractivity contribution in [3.8, 4) is 0 Å². The fraction of sp³-hybridized carbons (Fsp3) is 0.455. The van der Waals surface area contributed by atoms with E-state index in [-0.39, 0.29) is 11.9 Å². The number of furan rings is 1. The molecule has 6 heteroatoms. The van der Waals surface area contributed by atoms with E-state index in [1.165, 1.54) is 0 Å². The van der Waals surface area contributed by atoms with Gasteiger partial charge in [0.25, 0.3) is 5.91 Å². The maximum Gasteiger partial charge on any atom is 0.408 e. The van der Waals surface area contributed by atoms with Crippen LogP contribution in [0, 0.1) is 20.8 Å². The van der Waals surface area contributed by atoms with Crippen molar-refractivity contribution in [2.45, 2.75) is 64.1 Å². The lowest BCUT2D eigenvalue weighted by Gasteiger charge is -2.39. The van der Waals surface area contributed by atoms with Gasteiger partial charge in [0.15, 0.2) is 0 Å². The number of hydrogen-bond donors (Lipinski definition) is 2. The van der Waals surface area contributed by atoms with Crippen LogP contribution < -0.4 is 5.32 Å². The van der Waals surface area contributed by atoms with Crippen molar-refractivity contribution in [2.24, 2.45) is 0 Å². The third kappa shape index (κ3) is 2.79. The van der Waals surface area contributed by atoms with E-state index in [0.29, 0.717) is 11.3 Å². The van der Waals surface area contributed by atoms with E-state index in [1.54, 1.807) is 4.90 Å². The maximum atomic E-state index is 13.3. The highest BCUT2D eigenvalue weighted by Crippen LogP contribution is 2.53. The average molecular weight is 382 g/mol. The first-order chi connectivity index (χ1) is 13.3. The van der Waals surface area contributed by atoms with E-state index in [4.69, 9.17) is 4.42 Å². The van der Waals surface area contributed by atoms with Crippen LogP contribution in [0.15, 0.2) is 34.7 Å². The topological polar surface area (TPSA) is 82.8 Å². The smallest absolute Gasteiger partial charge is 0.408 e. The lowest BCUT2D eigenvalue weighted by molar-refractivity contribution is 0.0692. The molecule has 3 heterocycles. The number of amides is 2. The van der Waals surface area contributed by atoms with E-state index >= 15 is 0 Å². The molecule has 2 fully saturated rings. The van der Waals surface area contributed by atoms with Gasteiger partial charge in [-0.3, -0.25) is 9.69 Å². The molecule has 2 bridgehead atoms. The Morgan fingerprint density at radius 2 is 1.79 bits per heavy atom. The molecule has 1 atom stereocenters. The zero-order valence-electron chi connectivity index (χ0n) is 16.5. The molecule has 1 unspecified atom stereocenters. The highest BCUT2D eigenvalue weighted by Gasteiger charge is 2.59. The number of carboxylic acid groups (broad SMARTS) is 1. The van der Waals surface area contributed by atoms with Gasteiger partial charge in [0.05, 0.1) is 5.54 Å². The summed E-state index contributed by atoms with van der Waals surface area (Å²) in [5.41, 5.74) is 1.78. The van der Waals surface area contributed by atoms with E-state index in [0.717, 1.165) is 42.6 Å². The molecule has 2 N–H and O–H groups in total. The molecule has 148 valence electrons. The Morgan fingerprint density at radius 3 is 2.32 bits per heavy atom. The number of nitrogens with zero attached hydrogens (tertiary/aromatic N) is 1. The monoisotopic (exact) mass is 382 g/mol. The van der Waals surface area contributed by atoms with Crippen LogP contribution in [0.1, 0.15) is 64.7 Å². The molecular formula is C22H26N2O4. The first kappa shape index (κ1) is 18.6. The van der Waals surface area contributed by atoms with Crippen molar-refractivity contribution in [3.63, 3.8) is 0 Å². The second-order valence-electron chi connectivity index (χ2n) is 8.11. The summed E-state index contributed by atoms with van der Waals surface area (Å²) in [4.78, 5) is 26.9. The van der Waals surface area contributed by atoms with Crippen LogP contribution in [0.4, 0.5) is 4.79 Å². The minimum Gasteiger partial charge on any atom is -0.465 e. The molecule has 2 saturated heterocycles. The molecule has 0 radical (unpaired) electrons. The number of carbonyl (C=O) groups is 2. The predicted octanol–water partition coefficient (Wildman–Crippen LogP) is 4.35. The number of fused-ring (bicyclic) bond motifs is 2. The van der Waals surface area contributed by atoms with Gasteiger partial charge in [-0.1, -0.05) is 18.2 Å². The number of hydrogen-bond acceptors (Lipinski definition) is 3. The third-order valence-electron chi connectivity index (χ3n) is 6.44. The Morgan fingerprint density at radius 1 is 1.14 bits per heavy atom. The fourth-order valence-corrected chi connectivity index (χ4v) is 5.19. The van der Waals surface area contributed by atoms with Crippen molar-refractivity contribution >= 4 is 12.0 Å². The molecule has 1 aromatic heterocycles. The van der Waals surface area contributed by atoms with Crippen LogP contribution in [0.3, 0.4) is 0 Å². The normalized spacial score (nSPS) is 24.4. The van der Waals surface area contributed by atoms with Gasteiger partial charge in [-0.15, -0.1) is 0 Å². The molecule has 4 rings (SSSR count). The summed E-state index contributed by atoms with van der Waals surface area (Å²) in [7, 11) is 0. The zero-order valence-corrected chi connectivity index (χ0v) is 16.5. The maximum absolute atomic E-state index is 13.3. The highest BCUT2D eigenvalue weighted by molar-refractivity contribution is 5.97. The van der Waals surface area contributed by atoms with Crippen LogP contribution in [0.5, 0.6) is 0 Å². The molecule has 0 spiro atoms. The highest BCUT2D eigenvalue weighted by atomic mass is 16.4. The molecule has 28 heavy (non-hydrogen) atoms. The van der Waals surface area contributed by atoms with Crippen LogP contribution >= 0.6 is 0 Å². The number of benzene rings is 1. The molecule has 2 aliphatic heterocycles. The molecule has 6 nitrogen and oxygen atoms in total. The largest absolute Gasteiger partial charge is 0.465 e. The van der Waals surface area contributed by atoms with E-state index < -0.39 is 17.7 Å². The minimum absolute atomic E-state index is 0.0214. The van der Waals surface area contributed by atoms with Gasteiger partial charge < -0.3 is 14.8 Å². The second kappa shape index (κ2) is 6.69. The second-order valence-corrected chi connectivity index (χ2v) is 8.11. The minimum atomic E-state index is -0.922. The predicted molar refractivity (Wildman–Crippen MR) is 104 cm³/mol. The molecule has 0 saturated carbocycles. The van der Waals surface area contributed by atoms with E-state index in [2.05, 4.69) is 5.32 Å². The van der Waals surface area contributed by atoms with Crippen molar-refractivity contribution < 1.29 is 19.1 Å². The van der Waals surface area contributed by atoms with Crippen molar-refractivity contribution in [2.75, 3.05) is 0 Å². The van der Waals surface area contributed by atoms with E-state index in [9.17, 15) is 14.7 Å². The summed E-state index contributed by atoms with van der Waals surface area (Å²) < 4.78 is 5.89. The van der Waals surface area contributed by atoms with Crippen LogP contribution in [-0.4, -0.2) is 33.6 Å². The molecular weight excluding hydrogens is 356 g/mol. The fourth-order valence-electron chi connectivity index (χ4n) is 5.19. The molecule has 1 aromatic carbocycles. The Labute approximate surface area is 164 Å². The van der Waals surface area contributed by atoms with Gasteiger partial charge in [0, 0.05) is 11.6 Å². The van der Waals surface area contributed by atoms with Gasteiger partial charge in [-0.25, -0.2) is 4.79 Å². The SMILES string of the molecule is Cc1ccc(C(NC(=O)c2c(C)cccc2C)C23CCC(CC2)N3C(=O)O)o1. The summed E-state index contributed by atoms with van der Waals surface area (Å²) >= 11 is 0. The van der Waals surface area contributed by atoms with E-state index in [1.807, 2.05) is 51.1 Å². The van der Waals surface area contributed by atoms with Crippen LogP contribution in [0.25, 0.3) is 0 Å². The summed E-state index contributed by atoms with van der Waals surface area (Å²) in [6, 6.07) is 8.97. The molecule has 0 aliphatic carbocycles. The quantitative estimate of drug-likeness (QED) is 0.823. The third-order valence-corrected chi connectivity index (χ3v) is 6.44. The van der Waals surface area contributed by atoms with Gasteiger partial charge in [0.1, 0.15) is 17.6 Å². The van der Waals surface area contributed by atoms with Crippen molar-refractivity contribution in [1.29, 1.82) is 0 Å². The Balaban J connectivity index is 1.75.